The number of nitrogens with zero attached hydrogens (tertiary/aromatic N) is 1. The van der Waals surface area contributed by atoms with Crippen molar-refractivity contribution >= 4 is 0 Å². The Morgan fingerprint density at radius 2 is 1.22 bits per heavy atom. The fourth-order valence-electron chi connectivity index (χ4n) is 3.93. The molecule has 0 aromatic heterocycles. The van der Waals surface area contributed by atoms with Crippen molar-refractivity contribution in [2.45, 2.75) is 89.5 Å². The Balaban J connectivity index is 0. The number of hydrogen-bond donors (Lipinski definition) is 0. The highest BCUT2D eigenvalue weighted by atomic mass is 16.5. The Bertz CT molecular complexity index is 449. The van der Waals surface area contributed by atoms with Crippen molar-refractivity contribution < 1.29 is 4.74 Å². The third kappa shape index (κ3) is 8.85. The lowest BCUT2D eigenvalue weighted by molar-refractivity contribution is 0.156. The maximum atomic E-state index is 5.69. The van der Waals surface area contributed by atoms with E-state index in [4.69, 9.17) is 4.74 Å². The Morgan fingerprint density at radius 3 is 1.63 bits per heavy atom. The standard InChI is InChI=1S/C12H23N.C11H20O.2CH4/c1-9(2)11-6-7-13(5)8-12(11)10(3)4;1-8(2)10-6-5-7-12-11(10)9(3)4;;/h9-10H,6-8H2,1-5H3;8-9H,5-7H2,1-4H3;2*1H4. The normalized spacial score (nSPS) is 18.3. The van der Waals surface area contributed by atoms with Crippen LogP contribution in [0.15, 0.2) is 22.5 Å². The van der Waals surface area contributed by atoms with E-state index in [-0.39, 0.29) is 14.9 Å². The van der Waals surface area contributed by atoms with Gasteiger partial charge in [0.25, 0.3) is 0 Å². The molecule has 0 unspecified atom stereocenters. The van der Waals surface area contributed by atoms with Crippen LogP contribution in [0.2, 0.25) is 0 Å². The topological polar surface area (TPSA) is 12.5 Å². The predicted molar refractivity (Wildman–Crippen MR) is 124 cm³/mol. The second-order valence-corrected chi connectivity index (χ2v) is 9.00. The van der Waals surface area contributed by atoms with E-state index in [1.165, 1.54) is 43.7 Å². The fourth-order valence-corrected chi connectivity index (χ4v) is 3.93. The summed E-state index contributed by atoms with van der Waals surface area (Å²) in [7, 11) is 2.22. The smallest absolute Gasteiger partial charge is 0.0979 e. The molecule has 2 aliphatic heterocycles. The highest BCUT2D eigenvalue weighted by molar-refractivity contribution is 5.22. The van der Waals surface area contributed by atoms with Gasteiger partial charge in [-0.25, -0.2) is 0 Å². The molecule has 2 rings (SSSR count). The molecule has 0 N–H and O–H groups in total. The van der Waals surface area contributed by atoms with Gasteiger partial charge in [-0.05, 0) is 49.6 Å². The first-order chi connectivity index (χ1) is 11.6. The Labute approximate surface area is 172 Å². The maximum Gasteiger partial charge on any atom is 0.0979 e. The molecule has 27 heavy (non-hydrogen) atoms. The Kier molecular flexibility index (Phi) is 14.1. The largest absolute Gasteiger partial charge is 0.498 e. The van der Waals surface area contributed by atoms with Crippen LogP contribution in [0.25, 0.3) is 0 Å². The number of hydrogen-bond acceptors (Lipinski definition) is 2. The Morgan fingerprint density at radius 1 is 0.704 bits per heavy atom. The lowest BCUT2D eigenvalue weighted by Crippen LogP contribution is -2.30. The average molecular weight is 382 g/mol. The first-order valence-corrected chi connectivity index (χ1v) is 10.4. The summed E-state index contributed by atoms with van der Waals surface area (Å²) in [4.78, 5) is 2.43. The van der Waals surface area contributed by atoms with E-state index in [9.17, 15) is 0 Å². The van der Waals surface area contributed by atoms with E-state index in [2.05, 4.69) is 67.3 Å². The van der Waals surface area contributed by atoms with Crippen LogP contribution in [0.4, 0.5) is 0 Å². The molecular formula is C25H51NO. The summed E-state index contributed by atoms with van der Waals surface area (Å²) in [5.74, 6) is 3.94. The third-order valence-corrected chi connectivity index (χ3v) is 5.40. The molecule has 0 saturated heterocycles. The molecular weight excluding hydrogens is 330 g/mol. The summed E-state index contributed by atoms with van der Waals surface area (Å²) in [6.07, 6.45) is 3.72. The quantitative estimate of drug-likeness (QED) is 0.466. The van der Waals surface area contributed by atoms with E-state index in [1.807, 2.05) is 0 Å². The van der Waals surface area contributed by atoms with E-state index in [1.54, 1.807) is 11.1 Å². The van der Waals surface area contributed by atoms with Gasteiger partial charge in [0.05, 0.1) is 12.4 Å². The van der Waals surface area contributed by atoms with Crippen molar-refractivity contribution in [2.75, 3.05) is 26.7 Å². The van der Waals surface area contributed by atoms with Crippen molar-refractivity contribution in [1.82, 2.24) is 4.90 Å². The number of likely N-dealkylation sites (N-methyl/N-ethyl adjacent to an activating group) is 1. The minimum absolute atomic E-state index is 0. The third-order valence-electron chi connectivity index (χ3n) is 5.40. The van der Waals surface area contributed by atoms with Gasteiger partial charge >= 0.3 is 0 Å². The second kappa shape index (κ2) is 13.4. The first-order valence-electron chi connectivity index (χ1n) is 10.4. The lowest BCUT2D eigenvalue weighted by atomic mass is 9.86. The summed E-state index contributed by atoms with van der Waals surface area (Å²) in [6, 6.07) is 0. The fraction of sp³-hybridized carbons (Fsp3) is 0.840. The molecule has 0 aliphatic carbocycles. The number of ether oxygens (including phenoxy) is 1. The molecule has 0 bridgehead atoms. The lowest BCUT2D eigenvalue weighted by Gasteiger charge is -2.31. The van der Waals surface area contributed by atoms with Crippen molar-refractivity contribution in [1.29, 1.82) is 0 Å². The molecule has 162 valence electrons. The van der Waals surface area contributed by atoms with Gasteiger partial charge in [0.1, 0.15) is 0 Å². The van der Waals surface area contributed by atoms with E-state index >= 15 is 0 Å². The zero-order valence-corrected chi connectivity index (χ0v) is 18.4. The van der Waals surface area contributed by atoms with Crippen LogP contribution in [0.3, 0.4) is 0 Å². The van der Waals surface area contributed by atoms with Crippen LogP contribution in [0.5, 0.6) is 0 Å². The number of allylic oxidation sites excluding steroid dienone is 2. The summed E-state index contributed by atoms with van der Waals surface area (Å²) < 4.78 is 5.69. The molecule has 0 aromatic rings. The van der Waals surface area contributed by atoms with E-state index in [0.717, 1.165) is 18.4 Å². The zero-order chi connectivity index (χ0) is 19.1. The van der Waals surface area contributed by atoms with Crippen LogP contribution < -0.4 is 0 Å². The minimum Gasteiger partial charge on any atom is -0.498 e. The molecule has 0 radical (unpaired) electrons. The van der Waals surface area contributed by atoms with Crippen molar-refractivity contribution in [3.8, 4) is 0 Å². The van der Waals surface area contributed by atoms with Gasteiger partial charge in [0.15, 0.2) is 0 Å². The van der Waals surface area contributed by atoms with E-state index in [0.29, 0.717) is 11.8 Å². The number of rotatable bonds is 4. The Hall–Kier alpha value is -0.760. The van der Waals surface area contributed by atoms with Gasteiger partial charge < -0.3 is 9.64 Å². The molecule has 2 heteroatoms. The average Bonchev–Trinajstić information content (AvgIpc) is 2.54. The molecule has 0 aromatic carbocycles. The van der Waals surface area contributed by atoms with Crippen LogP contribution >= 0.6 is 0 Å². The van der Waals surface area contributed by atoms with Crippen molar-refractivity contribution in [2.24, 2.45) is 23.7 Å². The van der Waals surface area contributed by atoms with Crippen LogP contribution in [0, 0.1) is 23.7 Å². The van der Waals surface area contributed by atoms with E-state index < -0.39 is 0 Å². The molecule has 0 fully saturated rings. The molecule has 2 aliphatic rings. The van der Waals surface area contributed by atoms with Gasteiger partial charge in [-0.3, -0.25) is 0 Å². The van der Waals surface area contributed by atoms with Crippen LogP contribution in [0.1, 0.15) is 89.5 Å². The van der Waals surface area contributed by atoms with Crippen molar-refractivity contribution in [3.63, 3.8) is 0 Å². The first kappa shape index (κ1) is 28.4. The summed E-state index contributed by atoms with van der Waals surface area (Å²) >= 11 is 0. The van der Waals surface area contributed by atoms with Crippen LogP contribution in [-0.4, -0.2) is 31.6 Å². The monoisotopic (exact) mass is 381 g/mol. The molecule has 0 saturated carbocycles. The molecule has 0 spiro atoms. The predicted octanol–water partition coefficient (Wildman–Crippen LogP) is 7.57. The van der Waals surface area contributed by atoms with Gasteiger partial charge in [-0.15, -0.1) is 0 Å². The second-order valence-electron chi connectivity index (χ2n) is 9.00. The van der Waals surface area contributed by atoms with Gasteiger partial charge in [-0.1, -0.05) is 81.4 Å². The summed E-state index contributed by atoms with van der Waals surface area (Å²) in [5, 5.41) is 0. The molecule has 2 heterocycles. The van der Waals surface area contributed by atoms with Gasteiger partial charge in [0.2, 0.25) is 0 Å². The molecule has 0 atom stereocenters. The van der Waals surface area contributed by atoms with Gasteiger partial charge in [0, 0.05) is 19.0 Å². The molecule has 0 amide bonds. The highest BCUT2D eigenvalue weighted by Crippen LogP contribution is 2.30. The summed E-state index contributed by atoms with van der Waals surface area (Å²) in [5.41, 5.74) is 4.94. The van der Waals surface area contributed by atoms with Crippen molar-refractivity contribution in [3.05, 3.63) is 22.5 Å². The van der Waals surface area contributed by atoms with Gasteiger partial charge in [-0.2, -0.15) is 0 Å². The zero-order valence-electron chi connectivity index (χ0n) is 18.4. The SMILES string of the molecule is C.C.CC(C)C1=C(C(C)C)CN(C)CC1.CC(C)C1=C(C(C)C)OCCC1. The van der Waals surface area contributed by atoms with Crippen LogP contribution in [-0.2, 0) is 4.74 Å². The maximum absolute atomic E-state index is 5.69. The molecule has 2 nitrogen and oxygen atoms in total. The summed E-state index contributed by atoms with van der Waals surface area (Å²) in [6.45, 7) is 21.6. The minimum atomic E-state index is 0. The highest BCUT2D eigenvalue weighted by Gasteiger charge is 2.20.